The van der Waals surface area contributed by atoms with E-state index in [1.165, 1.54) is 0 Å². The van der Waals surface area contributed by atoms with Gasteiger partial charge in [-0.1, -0.05) is 6.08 Å². The van der Waals surface area contributed by atoms with Gasteiger partial charge in [-0.25, -0.2) is 13.2 Å². The molecule has 1 aromatic carbocycles. The van der Waals surface area contributed by atoms with Crippen LogP contribution in [0.1, 0.15) is 24.8 Å². The van der Waals surface area contributed by atoms with Crippen LogP contribution in [0, 0.1) is 17.5 Å². The monoisotopic (exact) mass is 198 g/mol. The molecule has 0 radical (unpaired) electrons. The molecule has 3 heteroatoms. The lowest BCUT2D eigenvalue weighted by atomic mass is 10.0. The lowest BCUT2D eigenvalue weighted by Crippen LogP contribution is -1.93. The van der Waals surface area contributed by atoms with Crippen molar-refractivity contribution < 1.29 is 13.2 Å². The van der Waals surface area contributed by atoms with Crippen LogP contribution in [-0.4, -0.2) is 0 Å². The van der Waals surface area contributed by atoms with Crippen LogP contribution in [0.2, 0.25) is 0 Å². The van der Waals surface area contributed by atoms with Crippen molar-refractivity contribution in [3.8, 4) is 0 Å². The zero-order chi connectivity index (χ0) is 10.1. The lowest BCUT2D eigenvalue weighted by molar-refractivity contribution is 0.493. The van der Waals surface area contributed by atoms with Gasteiger partial charge in [-0.2, -0.15) is 0 Å². The van der Waals surface area contributed by atoms with E-state index < -0.39 is 17.5 Å². The average molecular weight is 198 g/mol. The van der Waals surface area contributed by atoms with E-state index in [1.54, 1.807) is 0 Å². The molecule has 0 spiro atoms. The third-order valence-electron chi connectivity index (χ3n) is 2.40. The maximum atomic E-state index is 13.2. The van der Waals surface area contributed by atoms with Gasteiger partial charge in [-0.3, -0.25) is 0 Å². The van der Waals surface area contributed by atoms with Crippen LogP contribution in [0.15, 0.2) is 18.2 Å². The molecule has 74 valence electrons. The maximum absolute atomic E-state index is 13.2. The van der Waals surface area contributed by atoms with E-state index in [4.69, 9.17) is 0 Å². The van der Waals surface area contributed by atoms with Gasteiger partial charge < -0.3 is 0 Å². The third kappa shape index (κ3) is 1.54. The largest absolute Gasteiger partial charge is 0.206 e. The number of hydrogen-bond donors (Lipinski definition) is 0. The molecular weight excluding hydrogens is 189 g/mol. The Balaban J connectivity index is 2.47. The zero-order valence-electron chi connectivity index (χ0n) is 7.49. The first-order valence-corrected chi connectivity index (χ1v) is 4.52. The van der Waals surface area contributed by atoms with E-state index in [9.17, 15) is 13.2 Å². The van der Waals surface area contributed by atoms with Crippen LogP contribution in [0.25, 0.3) is 5.57 Å². The summed E-state index contributed by atoms with van der Waals surface area (Å²) in [6.45, 7) is 0. The Hall–Kier alpha value is -1.25. The average Bonchev–Trinajstić information content (AvgIpc) is 2.64. The molecule has 0 amide bonds. The van der Waals surface area contributed by atoms with Crippen LogP contribution in [0.4, 0.5) is 13.2 Å². The van der Waals surface area contributed by atoms with Gasteiger partial charge in [0.15, 0.2) is 11.6 Å². The van der Waals surface area contributed by atoms with Crippen molar-refractivity contribution in [2.24, 2.45) is 0 Å². The van der Waals surface area contributed by atoms with Crippen LogP contribution in [0.3, 0.4) is 0 Å². The minimum absolute atomic E-state index is 0.196. The molecule has 1 aromatic rings. The van der Waals surface area contributed by atoms with Crippen LogP contribution < -0.4 is 0 Å². The highest BCUT2D eigenvalue weighted by molar-refractivity contribution is 5.67. The van der Waals surface area contributed by atoms with Gasteiger partial charge in [-0.15, -0.1) is 0 Å². The van der Waals surface area contributed by atoms with Crippen molar-refractivity contribution in [1.29, 1.82) is 0 Å². The first-order chi connectivity index (χ1) is 6.68. The van der Waals surface area contributed by atoms with Gasteiger partial charge in [0, 0.05) is 11.6 Å². The predicted octanol–water partition coefficient (Wildman–Crippen LogP) is 3.67. The summed E-state index contributed by atoms with van der Waals surface area (Å²) in [6.07, 6.45) is 4.44. The normalized spacial score (nSPS) is 15.8. The molecule has 1 aliphatic rings. The topological polar surface area (TPSA) is 0 Å². The fourth-order valence-corrected chi connectivity index (χ4v) is 1.68. The molecule has 0 saturated carbocycles. The summed E-state index contributed by atoms with van der Waals surface area (Å²) in [5.41, 5.74) is 0.975. The molecule has 14 heavy (non-hydrogen) atoms. The summed E-state index contributed by atoms with van der Waals surface area (Å²) in [7, 11) is 0. The lowest BCUT2D eigenvalue weighted by Gasteiger charge is -2.04. The van der Waals surface area contributed by atoms with Crippen molar-refractivity contribution in [2.75, 3.05) is 0 Å². The molecule has 0 bridgehead atoms. The number of allylic oxidation sites excluding steroid dienone is 2. The Kier molecular flexibility index (Phi) is 2.32. The summed E-state index contributed by atoms with van der Waals surface area (Å²) in [4.78, 5) is 0. The van der Waals surface area contributed by atoms with Crippen LogP contribution in [-0.2, 0) is 0 Å². The second kappa shape index (κ2) is 3.48. The molecule has 0 fully saturated rings. The van der Waals surface area contributed by atoms with E-state index >= 15 is 0 Å². The highest BCUT2D eigenvalue weighted by Gasteiger charge is 2.15. The van der Waals surface area contributed by atoms with Gasteiger partial charge in [0.1, 0.15) is 5.82 Å². The minimum atomic E-state index is -1.13. The Morgan fingerprint density at radius 3 is 2.29 bits per heavy atom. The molecule has 0 aliphatic heterocycles. The van der Waals surface area contributed by atoms with E-state index in [1.807, 2.05) is 6.08 Å². The maximum Gasteiger partial charge on any atom is 0.161 e. The second-order valence-electron chi connectivity index (χ2n) is 3.37. The summed E-state index contributed by atoms with van der Waals surface area (Å²) >= 11 is 0. The molecule has 0 nitrogen and oxygen atoms in total. The molecular formula is C11H9F3. The standard InChI is InChI=1S/C11H9F3/c12-9-6-11(14)10(13)5-8(9)7-3-1-2-4-7/h3,5-6H,1-2,4H2. The summed E-state index contributed by atoms with van der Waals surface area (Å²) in [5, 5.41) is 0. The highest BCUT2D eigenvalue weighted by atomic mass is 19.2. The van der Waals surface area contributed by atoms with Crippen molar-refractivity contribution in [2.45, 2.75) is 19.3 Å². The van der Waals surface area contributed by atoms with Gasteiger partial charge in [0.2, 0.25) is 0 Å². The van der Waals surface area contributed by atoms with Gasteiger partial charge in [0.05, 0.1) is 0 Å². The van der Waals surface area contributed by atoms with E-state index in [0.717, 1.165) is 30.9 Å². The predicted molar refractivity (Wildman–Crippen MR) is 48.1 cm³/mol. The van der Waals surface area contributed by atoms with E-state index in [0.29, 0.717) is 6.07 Å². The first kappa shape index (κ1) is 9.31. The molecule has 0 atom stereocenters. The fourth-order valence-electron chi connectivity index (χ4n) is 1.68. The Bertz CT molecular complexity index is 394. The SMILES string of the molecule is Fc1cc(F)c(C2=CCCC2)cc1F. The van der Waals surface area contributed by atoms with E-state index in [2.05, 4.69) is 0 Å². The molecule has 0 unspecified atom stereocenters. The number of rotatable bonds is 1. The summed E-state index contributed by atoms with van der Waals surface area (Å²) < 4.78 is 38.7. The van der Waals surface area contributed by atoms with E-state index in [-0.39, 0.29) is 5.56 Å². The minimum Gasteiger partial charge on any atom is -0.206 e. The molecule has 2 rings (SSSR count). The van der Waals surface area contributed by atoms with Gasteiger partial charge in [-0.05, 0) is 30.9 Å². The molecule has 0 saturated heterocycles. The highest BCUT2D eigenvalue weighted by Crippen LogP contribution is 2.30. The number of halogens is 3. The van der Waals surface area contributed by atoms with Gasteiger partial charge in [0.25, 0.3) is 0 Å². The second-order valence-corrected chi connectivity index (χ2v) is 3.37. The summed E-state index contributed by atoms with van der Waals surface area (Å²) in [5.74, 6) is -2.81. The molecule has 1 aliphatic carbocycles. The Morgan fingerprint density at radius 1 is 0.929 bits per heavy atom. The van der Waals surface area contributed by atoms with Crippen molar-refractivity contribution >= 4 is 5.57 Å². The number of benzene rings is 1. The number of hydrogen-bond acceptors (Lipinski definition) is 0. The molecule has 0 aromatic heterocycles. The quantitative estimate of drug-likeness (QED) is 0.604. The van der Waals surface area contributed by atoms with Crippen molar-refractivity contribution in [3.05, 3.63) is 41.2 Å². The first-order valence-electron chi connectivity index (χ1n) is 4.52. The smallest absolute Gasteiger partial charge is 0.161 e. The third-order valence-corrected chi connectivity index (χ3v) is 2.40. The fraction of sp³-hybridized carbons (Fsp3) is 0.273. The molecule has 0 N–H and O–H groups in total. The van der Waals surface area contributed by atoms with Crippen LogP contribution >= 0.6 is 0 Å². The summed E-state index contributed by atoms with van der Waals surface area (Å²) in [6, 6.07) is 1.53. The van der Waals surface area contributed by atoms with Crippen LogP contribution in [0.5, 0.6) is 0 Å². The van der Waals surface area contributed by atoms with Crippen molar-refractivity contribution in [3.63, 3.8) is 0 Å². The Morgan fingerprint density at radius 2 is 1.64 bits per heavy atom. The van der Waals surface area contributed by atoms with Gasteiger partial charge >= 0.3 is 0 Å². The Labute approximate surface area is 80.1 Å². The van der Waals surface area contributed by atoms with Crippen molar-refractivity contribution in [1.82, 2.24) is 0 Å². The zero-order valence-corrected chi connectivity index (χ0v) is 7.49. The molecule has 0 heterocycles.